The Bertz CT molecular complexity index is 838. The summed E-state index contributed by atoms with van der Waals surface area (Å²) in [6, 6.07) is 1.85. The average molecular weight is 302 g/mol. The topological polar surface area (TPSA) is 108 Å². The zero-order chi connectivity index (χ0) is 15.7. The van der Waals surface area contributed by atoms with E-state index in [1.807, 2.05) is 26.8 Å². The van der Waals surface area contributed by atoms with Gasteiger partial charge in [0.2, 0.25) is 0 Å². The van der Waals surface area contributed by atoms with Gasteiger partial charge in [0.25, 0.3) is 17.5 Å². The van der Waals surface area contributed by atoms with Gasteiger partial charge in [0, 0.05) is 17.8 Å². The predicted molar refractivity (Wildman–Crippen MR) is 73.1 cm³/mol. The van der Waals surface area contributed by atoms with Crippen LogP contribution in [-0.2, 0) is 17.8 Å². The molecular weight excluding hydrogens is 288 g/mol. The van der Waals surface area contributed by atoms with Crippen LogP contribution < -0.4 is 0 Å². The number of aryl methyl sites for hydroxylation is 3. The van der Waals surface area contributed by atoms with Crippen LogP contribution in [-0.4, -0.2) is 35.7 Å². The molecule has 9 nitrogen and oxygen atoms in total. The number of rotatable bonds is 4. The number of nitrogens with zero attached hydrogens (tertiary/aromatic N) is 6. The van der Waals surface area contributed by atoms with E-state index in [1.54, 1.807) is 0 Å². The Kier molecular flexibility index (Phi) is 3.53. The minimum Gasteiger partial charge on any atom is -0.450 e. The highest BCUT2D eigenvalue weighted by Gasteiger charge is 2.17. The number of fused-ring (bicyclic) bond motifs is 1. The number of carbonyl (C=O) groups excluding carboxylic acids is 1. The summed E-state index contributed by atoms with van der Waals surface area (Å²) < 4.78 is 11.5. The van der Waals surface area contributed by atoms with Crippen LogP contribution in [0.5, 0.6) is 0 Å². The van der Waals surface area contributed by atoms with Gasteiger partial charge in [0.15, 0.2) is 12.4 Å². The van der Waals surface area contributed by atoms with Crippen molar-refractivity contribution in [3.05, 3.63) is 35.0 Å². The van der Waals surface area contributed by atoms with Crippen LogP contribution in [0.1, 0.15) is 40.6 Å². The van der Waals surface area contributed by atoms with E-state index < -0.39 is 5.97 Å². The molecule has 0 aliphatic heterocycles. The van der Waals surface area contributed by atoms with Crippen LogP contribution >= 0.6 is 0 Å². The fraction of sp³-hybridized carbons (Fsp3) is 0.385. The largest absolute Gasteiger partial charge is 0.450 e. The summed E-state index contributed by atoms with van der Waals surface area (Å²) in [7, 11) is 0. The number of aromatic nitrogens is 6. The van der Waals surface area contributed by atoms with E-state index in [0.29, 0.717) is 18.0 Å². The second kappa shape index (κ2) is 5.51. The van der Waals surface area contributed by atoms with Crippen LogP contribution in [0.2, 0.25) is 0 Å². The molecule has 3 aromatic rings. The van der Waals surface area contributed by atoms with Crippen molar-refractivity contribution >= 4 is 11.7 Å². The van der Waals surface area contributed by atoms with Gasteiger partial charge in [-0.1, -0.05) is 12.1 Å². The molecule has 0 N–H and O–H groups in total. The summed E-state index contributed by atoms with van der Waals surface area (Å²) in [5.74, 6) is 0.428. The predicted octanol–water partition coefficient (Wildman–Crippen LogP) is 1.04. The zero-order valence-electron chi connectivity index (χ0n) is 12.4. The van der Waals surface area contributed by atoms with Gasteiger partial charge in [-0.05, 0) is 19.9 Å². The molecule has 0 aliphatic carbocycles. The summed E-state index contributed by atoms with van der Waals surface area (Å²) in [6.45, 7) is 5.49. The number of ether oxygens (including phenoxy) is 1. The zero-order valence-corrected chi connectivity index (χ0v) is 12.4. The molecule has 114 valence electrons. The number of hydrogen-bond acceptors (Lipinski definition) is 8. The molecule has 0 aromatic carbocycles. The van der Waals surface area contributed by atoms with E-state index in [1.165, 1.54) is 4.52 Å². The van der Waals surface area contributed by atoms with Gasteiger partial charge >= 0.3 is 5.97 Å². The summed E-state index contributed by atoms with van der Waals surface area (Å²) in [5, 5.41) is 7.81. The summed E-state index contributed by atoms with van der Waals surface area (Å²) in [6.07, 6.45) is 0.649. The molecule has 0 aliphatic rings. The molecule has 0 spiro atoms. The molecule has 0 amide bonds. The molecule has 3 rings (SSSR count). The third-order valence-electron chi connectivity index (χ3n) is 2.95. The molecular formula is C13H14N6O3. The third kappa shape index (κ3) is 2.65. The van der Waals surface area contributed by atoms with Crippen LogP contribution in [0, 0.1) is 13.8 Å². The van der Waals surface area contributed by atoms with Crippen molar-refractivity contribution in [1.29, 1.82) is 0 Å². The molecule has 22 heavy (non-hydrogen) atoms. The minimum atomic E-state index is -0.668. The van der Waals surface area contributed by atoms with Gasteiger partial charge in [0.1, 0.15) is 0 Å². The van der Waals surface area contributed by atoms with Gasteiger partial charge in [-0.15, -0.1) is 5.10 Å². The van der Waals surface area contributed by atoms with Crippen molar-refractivity contribution in [1.82, 2.24) is 29.7 Å². The van der Waals surface area contributed by atoms with Crippen molar-refractivity contribution in [3.63, 3.8) is 0 Å². The van der Waals surface area contributed by atoms with Crippen molar-refractivity contribution in [3.8, 4) is 0 Å². The van der Waals surface area contributed by atoms with Gasteiger partial charge in [-0.25, -0.2) is 14.3 Å². The number of carbonyl (C=O) groups is 1. The highest BCUT2D eigenvalue weighted by atomic mass is 16.6. The van der Waals surface area contributed by atoms with E-state index in [-0.39, 0.29) is 18.3 Å². The highest BCUT2D eigenvalue weighted by molar-refractivity contribution is 5.85. The van der Waals surface area contributed by atoms with Crippen LogP contribution in [0.15, 0.2) is 10.6 Å². The number of esters is 1. The van der Waals surface area contributed by atoms with Gasteiger partial charge in [0.05, 0.1) is 0 Å². The van der Waals surface area contributed by atoms with Crippen LogP contribution in [0.4, 0.5) is 0 Å². The highest BCUT2D eigenvalue weighted by Crippen LogP contribution is 2.07. The van der Waals surface area contributed by atoms with Gasteiger partial charge in [-0.3, -0.25) is 0 Å². The fourth-order valence-corrected chi connectivity index (χ4v) is 1.94. The van der Waals surface area contributed by atoms with Gasteiger partial charge < -0.3 is 9.26 Å². The first-order valence-corrected chi connectivity index (χ1v) is 6.76. The Morgan fingerprint density at radius 2 is 2.14 bits per heavy atom. The first-order chi connectivity index (χ1) is 10.6. The maximum atomic E-state index is 12.0. The Hall–Kier alpha value is -2.84. The fourth-order valence-electron chi connectivity index (χ4n) is 1.94. The normalized spacial score (nSPS) is 11.0. The van der Waals surface area contributed by atoms with Crippen molar-refractivity contribution < 1.29 is 14.1 Å². The van der Waals surface area contributed by atoms with Crippen molar-refractivity contribution in [2.75, 3.05) is 0 Å². The lowest BCUT2D eigenvalue weighted by molar-refractivity contribution is 0.0415. The third-order valence-corrected chi connectivity index (χ3v) is 2.95. The van der Waals surface area contributed by atoms with Gasteiger partial charge in [-0.2, -0.15) is 9.97 Å². The molecule has 0 saturated carbocycles. The standard InChI is InChI=1S/C13H14N6O3/c1-4-9-15-10(22-18-9)6-21-12(20)11-16-13-14-7(2)5-8(3)19(13)17-11/h5H,4,6H2,1-3H3. The van der Waals surface area contributed by atoms with E-state index in [0.717, 1.165) is 11.4 Å². The first kappa shape index (κ1) is 14.1. The summed E-state index contributed by atoms with van der Waals surface area (Å²) in [5.41, 5.74) is 1.63. The van der Waals surface area contributed by atoms with Crippen LogP contribution in [0.3, 0.4) is 0 Å². The first-order valence-electron chi connectivity index (χ1n) is 6.76. The van der Waals surface area contributed by atoms with E-state index in [2.05, 4.69) is 25.2 Å². The maximum Gasteiger partial charge on any atom is 0.378 e. The molecule has 0 unspecified atom stereocenters. The smallest absolute Gasteiger partial charge is 0.378 e. The Balaban J connectivity index is 1.76. The quantitative estimate of drug-likeness (QED) is 0.658. The lowest BCUT2D eigenvalue weighted by atomic mass is 10.4. The average Bonchev–Trinajstić information content (AvgIpc) is 3.10. The lowest BCUT2D eigenvalue weighted by Gasteiger charge is -1.97. The van der Waals surface area contributed by atoms with Crippen molar-refractivity contribution in [2.24, 2.45) is 0 Å². The number of hydrogen-bond donors (Lipinski definition) is 0. The SMILES string of the molecule is CCc1noc(COC(=O)c2nc3nc(C)cc(C)n3n2)n1. The molecule has 0 atom stereocenters. The van der Waals surface area contributed by atoms with E-state index >= 15 is 0 Å². The maximum absolute atomic E-state index is 12.0. The van der Waals surface area contributed by atoms with E-state index in [9.17, 15) is 4.79 Å². The minimum absolute atomic E-state index is 0.0589. The van der Waals surface area contributed by atoms with Crippen molar-refractivity contribution in [2.45, 2.75) is 33.8 Å². The second-order valence-electron chi connectivity index (χ2n) is 4.72. The molecule has 0 radical (unpaired) electrons. The second-order valence-corrected chi connectivity index (χ2v) is 4.72. The Morgan fingerprint density at radius 3 is 2.86 bits per heavy atom. The Labute approximate surface area is 125 Å². The molecule has 0 saturated heterocycles. The van der Waals surface area contributed by atoms with Crippen LogP contribution in [0.25, 0.3) is 5.78 Å². The summed E-state index contributed by atoms with van der Waals surface area (Å²) in [4.78, 5) is 24.3. The lowest BCUT2D eigenvalue weighted by Crippen LogP contribution is -2.08. The molecule has 0 fully saturated rings. The Morgan fingerprint density at radius 1 is 1.32 bits per heavy atom. The summed E-state index contributed by atoms with van der Waals surface area (Å²) >= 11 is 0. The van der Waals surface area contributed by atoms with E-state index in [4.69, 9.17) is 9.26 Å². The monoisotopic (exact) mass is 302 g/mol. The molecule has 9 heteroatoms. The molecule has 3 heterocycles. The molecule has 0 bridgehead atoms. The molecule has 3 aromatic heterocycles.